The van der Waals surface area contributed by atoms with Crippen LogP contribution in [0.4, 0.5) is 0 Å². The van der Waals surface area contributed by atoms with Crippen LogP contribution in [-0.4, -0.2) is 34.5 Å². The molecule has 0 bridgehead atoms. The second-order valence-corrected chi connectivity index (χ2v) is 3.85. The van der Waals surface area contributed by atoms with Gasteiger partial charge in [0.25, 0.3) is 0 Å². The maximum absolute atomic E-state index is 10.9. The molecule has 1 atom stereocenters. The number of ketones is 1. The largest absolute Gasteiger partial charge is 0.447 e. The van der Waals surface area contributed by atoms with E-state index in [0.717, 1.165) is 0 Å². The average molecular weight is 216 g/mol. The molecule has 14 heavy (non-hydrogen) atoms. The van der Waals surface area contributed by atoms with Gasteiger partial charge in [-0.1, -0.05) is 11.8 Å². The number of hydrogen-bond donors (Lipinski definition) is 2. The molecule has 0 spiro atoms. The maximum atomic E-state index is 10.9. The Kier molecular flexibility index (Phi) is 4.19. The first-order chi connectivity index (χ1) is 6.63. The molecule has 0 saturated carbocycles. The van der Waals surface area contributed by atoms with Gasteiger partial charge in [0.15, 0.2) is 16.6 Å². The second kappa shape index (κ2) is 5.19. The molecule has 1 aromatic heterocycles. The van der Waals surface area contributed by atoms with Crippen molar-refractivity contribution in [1.29, 1.82) is 0 Å². The minimum absolute atomic E-state index is 0.125. The molecule has 1 unspecified atom stereocenters. The molecule has 0 fully saturated rings. The van der Waals surface area contributed by atoms with Crippen LogP contribution in [0, 0.1) is 0 Å². The third-order valence-corrected chi connectivity index (χ3v) is 2.61. The fraction of sp³-hybridized carbons (Fsp3) is 0.444. The van der Waals surface area contributed by atoms with Crippen LogP contribution < -0.4 is 0 Å². The molecule has 0 radical (unpaired) electrons. The van der Waals surface area contributed by atoms with Crippen molar-refractivity contribution < 1.29 is 19.4 Å². The number of thioether (sulfide) groups is 1. The highest BCUT2D eigenvalue weighted by atomic mass is 32.2. The summed E-state index contributed by atoms with van der Waals surface area (Å²) in [4.78, 5) is 10.9. The minimum atomic E-state index is -0.758. The van der Waals surface area contributed by atoms with Crippen LogP contribution in [0.25, 0.3) is 0 Å². The summed E-state index contributed by atoms with van der Waals surface area (Å²) in [7, 11) is 0. The summed E-state index contributed by atoms with van der Waals surface area (Å²) >= 11 is 1.26. The van der Waals surface area contributed by atoms with Gasteiger partial charge in [-0.25, -0.2) is 0 Å². The van der Waals surface area contributed by atoms with Gasteiger partial charge in [0.2, 0.25) is 0 Å². The van der Waals surface area contributed by atoms with E-state index in [9.17, 15) is 4.79 Å². The average Bonchev–Trinajstić information content (AvgIpc) is 2.62. The molecule has 0 aliphatic rings. The van der Waals surface area contributed by atoms with E-state index in [0.29, 0.717) is 16.6 Å². The Balaban J connectivity index is 2.48. The Morgan fingerprint density at radius 1 is 1.64 bits per heavy atom. The highest BCUT2D eigenvalue weighted by Gasteiger charge is 2.08. The molecule has 0 amide bonds. The quantitative estimate of drug-likeness (QED) is 0.566. The van der Waals surface area contributed by atoms with Crippen molar-refractivity contribution in [3.8, 4) is 0 Å². The molecule has 0 saturated heterocycles. The lowest BCUT2D eigenvalue weighted by atomic mass is 10.3. The predicted octanol–water partition coefficient (Wildman–Crippen LogP) is 0.927. The number of furan rings is 1. The highest BCUT2D eigenvalue weighted by molar-refractivity contribution is 7.99. The summed E-state index contributed by atoms with van der Waals surface area (Å²) in [6.45, 7) is 1.16. The second-order valence-electron chi connectivity index (χ2n) is 2.82. The number of aliphatic hydroxyl groups excluding tert-OH is 2. The first-order valence-electron chi connectivity index (χ1n) is 4.16. The van der Waals surface area contributed by atoms with Crippen LogP contribution in [0.2, 0.25) is 0 Å². The molecule has 5 heteroatoms. The summed E-state index contributed by atoms with van der Waals surface area (Å²) in [6.07, 6.45) is -0.758. The molecule has 0 aromatic carbocycles. The fourth-order valence-corrected chi connectivity index (χ4v) is 1.59. The topological polar surface area (TPSA) is 70.7 Å². The lowest BCUT2D eigenvalue weighted by Gasteiger charge is -2.03. The minimum Gasteiger partial charge on any atom is -0.447 e. The monoisotopic (exact) mass is 216 g/mol. The van der Waals surface area contributed by atoms with Crippen LogP contribution >= 0.6 is 11.8 Å². The van der Waals surface area contributed by atoms with Crippen molar-refractivity contribution in [2.24, 2.45) is 0 Å². The van der Waals surface area contributed by atoms with Crippen LogP contribution in [0.15, 0.2) is 21.6 Å². The van der Waals surface area contributed by atoms with Crippen molar-refractivity contribution >= 4 is 17.5 Å². The standard InChI is InChI=1S/C9H12O4S/c1-6(11)8-2-3-9(13-8)14-5-7(12)4-10/h2-3,7,10,12H,4-5H2,1H3. The molecule has 0 aliphatic heterocycles. The molecule has 4 nitrogen and oxygen atoms in total. The van der Waals surface area contributed by atoms with E-state index >= 15 is 0 Å². The number of carbonyl (C=O) groups excluding carboxylic acids is 1. The zero-order chi connectivity index (χ0) is 10.6. The van der Waals surface area contributed by atoms with Gasteiger partial charge in [0, 0.05) is 12.7 Å². The molecule has 1 rings (SSSR count). The first kappa shape index (κ1) is 11.3. The van der Waals surface area contributed by atoms with Gasteiger partial charge >= 0.3 is 0 Å². The van der Waals surface area contributed by atoms with Crippen molar-refractivity contribution in [2.45, 2.75) is 18.1 Å². The highest BCUT2D eigenvalue weighted by Crippen LogP contribution is 2.21. The Morgan fingerprint density at radius 3 is 2.86 bits per heavy atom. The third kappa shape index (κ3) is 3.17. The van der Waals surface area contributed by atoms with Crippen molar-refractivity contribution in [2.75, 3.05) is 12.4 Å². The predicted molar refractivity (Wildman–Crippen MR) is 52.5 cm³/mol. The SMILES string of the molecule is CC(=O)c1ccc(SCC(O)CO)o1. The van der Waals surface area contributed by atoms with Gasteiger partial charge in [0.05, 0.1) is 12.7 Å². The van der Waals surface area contributed by atoms with E-state index in [2.05, 4.69) is 0 Å². The smallest absolute Gasteiger partial charge is 0.194 e. The molecule has 1 heterocycles. The lowest BCUT2D eigenvalue weighted by molar-refractivity contribution is 0.0982. The lowest BCUT2D eigenvalue weighted by Crippen LogP contribution is -2.14. The van der Waals surface area contributed by atoms with Gasteiger partial charge in [-0.05, 0) is 12.1 Å². The van der Waals surface area contributed by atoms with Crippen molar-refractivity contribution in [1.82, 2.24) is 0 Å². The molecule has 0 aliphatic carbocycles. The van der Waals surface area contributed by atoms with Gasteiger partial charge < -0.3 is 14.6 Å². The number of carbonyl (C=O) groups is 1. The maximum Gasteiger partial charge on any atom is 0.194 e. The summed E-state index contributed by atoms with van der Waals surface area (Å²) in [5.41, 5.74) is 0. The van der Waals surface area contributed by atoms with E-state index in [1.807, 2.05) is 0 Å². The first-order valence-corrected chi connectivity index (χ1v) is 5.14. The Bertz CT molecular complexity index is 308. The fourth-order valence-electron chi connectivity index (χ4n) is 0.818. The van der Waals surface area contributed by atoms with Crippen LogP contribution in [0.1, 0.15) is 17.5 Å². The van der Waals surface area contributed by atoms with E-state index in [-0.39, 0.29) is 12.4 Å². The zero-order valence-corrected chi connectivity index (χ0v) is 8.58. The van der Waals surface area contributed by atoms with E-state index < -0.39 is 6.10 Å². The summed E-state index contributed by atoms with van der Waals surface area (Å²) < 4.78 is 5.16. The molecule has 78 valence electrons. The van der Waals surface area contributed by atoms with E-state index in [1.54, 1.807) is 12.1 Å². The molecular formula is C9H12O4S. The van der Waals surface area contributed by atoms with Gasteiger partial charge in [0.1, 0.15) is 0 Å². The van der Waals surface area contributed by atoms with Crippen LogP contribution in [0.5, 0.6) is 0 Å². The van der Waals surface area contributed by atoms with Crippen molar-refractivity contribution in [3.05, 3.63) is 17.9 Å². The Morgan fingerprint density at radius 2 is 2.36 bits per heavy atom. The molecular weight excluding hydrogens is 204 g/mol. The van der Waals surface area contributed by atoms with Gasteiger partial charge in [-0.15, -0.1) is 0 Å². The van der Waals surface area contributed by atoms with Crippen LogP contribution in [-0.2, 0) is 0 Å². The number of aliphatic hydroxyl groups is 2. The van der Waals surface area contributed by atoms with E-state index in [4.69, 9.17) is 14.6 Å². The van der Waals surface area contributed by atoms with Gasteiger partial charge in [-0.3, -0.25) is 4.79 Å². The Hall–Kier alpha value is -0.780. The van der Waals surface area contributed by atoms with E-state index in [1.165, 1.54) is 18.7 Å². The molecule has 2 N–H and O–H groups in total. The number of hydrogen-bond acceptors (Lipinski definition) is 5. The number of rotatable bonds is 5. The van der Waals surface area contributed by atoms with Crippen molar-refractivity contribution in [3.63, 3.8) is 0 Å². The Labute approximate surface area is 85.9 Å². The molecule has 1 aromatic rings. The van der Waals surface area contributed by atoms with Gasteiger partial charge in [-0.2, -0.15) is 0 Å². The number of Topliss-reactive ketones (excluding diaryl/α,β-unsaturated/α-hetero) is 1. The third-order valence-electron chi connectivity index (χ3n) is 1.56. The normalized spacial score (nSPS) is 12.8. The summed E-state index contributed by atoms with van der Waals surface area (Å²) in [5.74, 6) is 0.534. The summed E-state index contributed by atoms with van der Waals surface area (Å²) in [6, 6.07) is 3.27. The van der Waals surface area contributed by atoms with Crippen LogP contribution in [0.3, 0.4) is 0 Å². The zero-order valence-electron chi connectivity index (χ0n) is 7.77. The summed E-state index contributed by atoms with van der Waals surface area (Å²) in [5, 5.41) is 18.2.